The van der Waals surface area contributed by atoms with E-state index in [4.69, 9.17) is 17.3 Å². The van der Waals surface area contributed by atoms with Crippen molar-refractivity contribution in [3.05, 3.63) is 64.7 Å². The maximum atomic E-state index is 12.0. The van der Waals surface area contributed by atoms with E-state index in [1.807, 2.05) is 6.07 Å². The Morgan fingerprint density at radius 1 is 1.10 bits per heavy atom. The summed E-state index contributed by atoms with van der Waals surface area (Å²) in [6, 6.07) is 14.0. The van der Waals surface area contributed by atoms with Gasteiger partial charge < -0.3 is 5.73 Å². The van der Waals surface area contributed by atoms with E-state index in [0.717, 1.165) is 5.56 Å². The summed E-state index contributed by atoms with van der Waals surface area (Å²) in [6.45, 7) is 0.204. The van der Waals surface area contributed by atoms with Crippen molar-refractivity contribution >= 4 is 27.3 Å². The molecule has 0 aliphatic carbocycles. The van der Waals surface area contributed by atoms with Crippen molar-refractivity contribution in [2.45, 2.75) is 12.3 Å². The number of nitrogens with one attached hydrogen (secondary N) is 1. The van der Waals surface area contributed by atoms with E-state index in [2.05, 4.69) is 4.72 Å². The second kappa shape index (κ2) is 6.26. The average molecular weight is 311 g/mol. The van der Waals surface area contributed by atoms with Crippen molar-refractivity contribution in [1.29, 1.82) is 0 Å². The van der Waals surface area contributed by atoms with Crippen LogP contribution in [0.4, 0.5) is 5.69 Å². The van der Waals surface area contributed by atoms with Gasteiger partial charge >= 0.3 is 0 Å². The minimum atomic E-state index is -3.44. The zero-order chi connectivity index (χ0) is 14.6. The molecule has 2 aromatic rings. The van der Waals surface area contributed by atoms with Gasteiger partial charge in [0.25, 0.3) is 0 Å². The number of sulfonamides is 1. The fraction of sp³-hybridized carbons (Fsp3) is 0.143. The Hall–Kier alpha value is -1.56. The molecule has 0 fully saturated rings. The third-order valence-corrected chi connectivity index (χ3v) is 4.30. The molecule has 0 unspecified atom stereocenters. The van der Waals surface area contributed by atoms with Gasteiger partial charge in [-0.1, -0.05) is 41.9 Å². The molecule has 0 aliphatic rings. The molecule has 0 radical (unpaired) electrons. The maximum absolute atomic E-state index is 12.0. The minimum Gasteiger partial charge on any atom is -0.398 e. The van der Waals surface area contributed by atoms with Crippen LogP contribution < -0.4 is 10.5 Å². The zero-order valence-corrected chi connectivity index (χ0v) is 12.3. The number of hydrogen-bond donors (Lipinski definition) is 2. The highest BCUT2D eigenvalue weighted by molar-refractivity contribution is 7.88. The Labute approximate surface area is 123 Å². The molecule has 2 aromatic carbocycles. The van der Waals surface area contributed by atoms with E-state index in [1.165, 1.54) is 0 Å². The number of halogens is 1. The number of benzene rings is 2. The lowest BCUT2D eigenvalue weighted by Crippen LogP contribution is -2.25. The van der Waals surface area contributed by atoms with Crippen molar-refractivity contribution in [3.63, 3.8) is 0 Å². The molecule has 0 saturated carbocycles. The van der Waals surface area contributed by atoms with Crippen LogP contribution in [0.5, 0.6) is 0 Å². The quantitative estimate of drug-likeness (QED) is 0.834. The van der Waals surface area contributed by atoms with Crippen molar-refractivity contribution < 1.29 is 8.42 Å². The molecule has 4 nitrogen and oxygen atoms in total. The summed E-state index contributed by atoms with van der Waals surface area (Å²) in [4.78, 5) is 0. The SMILES string of the molecule is Nc1ccccc1CS(=O)(=O)NCc1cccc(Cl)c1. The van der Waals surface area contributed by atoms with Crippen LogP contribution in [0.25, 0.3) is 0 Å². The average Bonchev–Trinajstić information content (AvgIpc) is 2.39. The molecular formula is C14H15ClN2O2S. The van der Waals surface area contributed by atoms with Gasteiger partial charge in [-0.25, -0.2) is 13.1 Å². The van der Waals surface area contributed by atoms with Crippen LogP contribution in [0.2, 0.25) is 5.02 Å². The van der Waals surface area contributed by atoms with Gasteiger partial charge in [-0.05, 0) is 29.3 Å². The van der Waals surface area contributed by atoms with Crippen LogP contribution in [0.3, 0.4) is 0 Å². The van der Waals surface area contributed by atoms with Crippen molar-refractivity contribution in [2.75, 3.05) is 5.73 Å². The second-order valence-corrected chi connectivity index (χ2v) is 6.65. The molecule has 2 rings (SSSR count). The van der Waals surface area contributed by atoms with Crippen LogP contribution in [0.1, 0.15) is 11.1 Å². The molecule has 3 N–H and O–H groups in total. The van der Waals surface area contributed by atoms with Gasteiger partial charge in [0, 0.05) is 17.3 Å². The molecule has 0 atom stereocenters. The van der Waals surface area contributed by atoms with E-state index in [-0.39, 0.29) is 12.3 Å². The fourth-order valence-electron chi connectivity index (χ4n) is 1.76. The normalized spacial score (nSPS) is 11.4. The summed E-state index contributed by atoms with van der Waals surface area (Å²) in [7, 11) is -3.44. The third-order valence-electron chi connectivity index (χ3n) is 2.79. The molecule has 0 amide bonds. The van der Waals surface area contributed by atoms with Crippen molar-refractivity contribution in [1.82, 2.24) is 4.72 Å². The molecule has 106 valence electrons. The minimum absolute atomic E-state index is 0.139. The van der Waals surface area contributed by atoms with Gasteiger partial charge in [-0.2, -0.15) is 0 Å². The molecule has 0 spiro atoms. The van der Waals surface area contributed by atoms with Crippen LogP contribution in [0.15, 0.2) is 48.5 Å². The van der Waals surface area contributed by atoms with Gasteiger partial charge in [0.15, 0.2) is 0 Å². The summed E-state index contributed by atoms with van der Waals surface area (Å²) in [6.07, 6.45) is 0. The highest BCUT2D eigenvalue weighted by Crippen LogP contribution is 2.14. The number of para-hydroxylation sites is 1. The molecule has 0 saturated heterocycles. The number of hydrogen-bond acceptors (Lipinski definition) is 3. The predicted molar refractivity (Wildman–Crippen MR) is 81.8 cm³/mol. The van der Waals surface area contributed by atoms with Gasteiger partial charge in [-0.3, -0.25) is 0 Å². The van der Waals surface area contributed by atoms with Gasteiger partial charge in [-0.15, -0.1) is 0 Å². The Morgan fingerprint density at radius 3 is 2.55 bits per heavy atom. The number of nitrogens with two attached hydrogens (primary N) is 1. The fourth-order valence-corrected chi connectivity index (χ4v) is 3.14. The van der Waals surface area contributed by atoms with Crippen LogP contribution >= 0.6 is 11.6 Å². The molecule has 0 aromatic heterocycles. The first kappa shape index (κ1) is 14.8. The number of anilines is 1. The van der Waals surface area contributed by atoms with Gasteiger partial charge in [0.1, 0.15) is 0 Å². The van der Waals surface area contributed by atoms with Crippen LogP contribution in [-0.2, 0) is 22.3 Å². The van der Waals surface area contributed by atoms with Crippen LogP contribution in [0, 0.1) is 0 Å². The van der Waals surface area contributed by atoms with Gasteiger partial charge in [0.05, 0.1) is 5.75 Å². The monoisotopic (exact) mass is 310 g/mol. The first-order chi connectivity index (χ1) is 9.46. The maximum Gasteiger partial charge on any atom is 0.216 e. The Morgan fingerprint density at radius 2 is 1.85 bits per heavy atom. The Kier molecular flexibility index (Phi) is 4.65. The molecule has 0 bridgehead atoms. The summed E-state index contributed by atoms with van der Waals surface area (Å²) in [5.41, 5.74) is 7.61. The third kappa shape index (κ3) is 4.23. The lowest BCUT2D eigenvalue weighted by molar-refractivity contribution is 0.580. The number of rotatable bonds is 5. The van der Waals surface area contributed by atoms with E-state index >= 15 is 0 Å². The Bertz CT molecular complexity index is 702. The first-order valence-electron chi connectivity index (χ1n) is 6.01. The summed E-state index contributed by atoms with van der Waals surface area (Å²) in [5, 5.41) is 0.578. The van der Waals surface area contributed by atoms with E-state index in [0.29, 0.717) is 16.3 Å². The Balaban J connectivity index is 2.03. The predicted octanol–water partition coefficient (Wildman–Crippen LogP) is 2.54. The van der Waals surface area contributed by atoms with E-state index in [9.17, 15) is 8.42 Å². The standard InChI is InChI=1S/C14H15ClN2O2S/c15-13-6-3-4-11(8-13)9-17-20(18,19)10-12-5-1-2-7-14(12)16/h1-8,17H,9-10,16H2. The van der Waals surface area contributed by atoms with Gasteiger partial charge in [0.2, 0.25) is 10.0 Å². The van der Waals surface area contributed by atoms with Crippen LogP contribution in [-0.4, -0.2) is 8.42 Å². The van der Waals surface area contributed by atoms with Crippen molar-refractivity contribution in [3.8, 4) is 0 Å². The lowest BCUT2D eigenvalue weighted by atomic mass is 10.2. The summed E-state index contributed by atoms with van der Waals surface area (Å²) in [5.74, 6) is -0.139. The van der Waals surface area contributed by atoms with E-state index in [1.54, 1.807) is 42.5 Å². The molecule has 0 heterocycles. The molecular weight excluding hydrogens is 296 g/mol. The topological polar surface area (TPSA) is 72.2 Å². The summed E-state index contributed by atoms with van der Waals surface area (Å²) < 4.78 is 26.6. The van der Waals surface area contributed by atoms with Crippen molar-refractivity contribution in [2.24, 2.45) is 0 Å². The highest BCUT2D eigenvalue weighted by atomic mass is 35.5. The summed E-state index contributed by atoms with van der Waals surface area (Å²) >= 11 is 5.85. The second-order valence-electron chi connectivity index (χ2n) is 4.41. The zero-order valence-electron chi connectivity index (χ0n) is 10.7. The largest absolute Gasteiger partial charge is 0.398 e. The molecule has 0 aliphatic heterocycles. The lowest BCUT2D eigenvalue weighted by Gasteiger charge is -2.09. The first-order valence-corrected chi connectivity index (χ1v) is 8.04. The molecule has 20 heavy (non-hydrogen) atoms. The number of nitrogen functional groups attached to an aromatic ring is 1. The van der Waals surface area contributed by atoms with E-state index < -0.39 is 10.0 Å². The highest BCUT2D eigenvalue weighted by Gasteiger charge is 2.13. The molecule has 6 heteroatoms. The smallest absolute Gasteiger partial charge is 0.216 e.